The zero-order chi connectivity index (χ0) is 25.6. The molecule has 4 aliphatic rings. The molecule has 3 amide bonds. The summed E-state index contributed by atoms with van der Waals surface area (Å²) >= 11 is 0. The van der Waals surface area contributed by atoms with Gasteiger partial charge >= 0.3 is 12.0 Å². The number of carbonyl (C=O) groups is 3. The topological polar surface area (TPSA) is 134 Å². The van der Waals surface area contributed by atoms with Gasteiger partial charge in [-0.15, -0.1) is 0 Å². The van der Waals surface area contributed by atoms with Crippen LogP contribution in [-0.4, -0.2) is 48.2 Å². The van der Waals surface area contributed by atoms with Gasteiger partial charge < -0.3 is 26.8 Å². The molecule has 4 rings (SSSR count). The van der Waals surface area contributed by atoms with Crippen LogP contribution in [0.5, 0.6) is 0 Å². The molecule has 8 nitrogen and oxygen atoms in total. The van der Waals surface area contributed by atoms with E-state index in [1.165, 1.54) is 12.8 Å². The van der Waals surface area contributed by atoms with Crippen molar-refractivity contribution in [3.63, 3.8) is 0 Å². The fraction of sp³-hybridized carbons (Fsp3) is 0.889. The summed E-state index contributed by atoms with van der Waals surface area (Å²) in [5, 5.41) is 18.0. The molecule has 4 fully saturated rings. The molecule has 0 aromatic heterocycles. The van der Waals surface area contributed by atoms with Gasteiger partial charge in [-0.3, -0.25) is 4.79 Å². The molecule has 0 aliphatic heterocycles. The van der Waals surface area contributed by atoms with Crippen molar-refractivity contribution >= 4 is 17.9 Å². The number of nitrogens with one attached hydrogen (secondary N) is 3. The molecule has 0 aromatic rings. The maximum absolute atomic E-state index is 13.3. The van der Waals surface area contributed by atoms with Crippen LogP contribution in [0.2, 0.25) is 0 Å². The van der Waals surface area contributed by atoms with E-state index in [1.807, 2.05) is 0 Å². The van der Waals surface area contributed by atoms with Crippen molar-refractivity contribution in [2.45, 2.75) is 103 Å². The molecule has 4 aliphatic carbocycles. The van der Waals surface area contributed by atoms with E-state index in [9.17, 15) is 19.5 Å². The molecule has 6 atom stereocenters. The Balaban J connectivity index is 1.56. The predicted molar refractivity (Wildman–Crippen MR) is 137 cm³/mol. The number of fused-ring (bicyclic) bond motifs is 2. The monoisotopic (exact) mass is 492 g/mol. The largest absolute Gasteiger partial charge is 0.480 e. The summed E-state index contributed by atoms with van der Waals surface area (Å²) in [5.74, 6) is 1.69. The fourth-order valence-electron chi connectivity index (χ4n) is 6.98. The number of hydrogen-bond acceptors (Lipinski definition) is 4. The average Bonchev–Trinajstić information content (AvgIpc) is 2.82. The van der Waals surface area contributed by atoms with Gasteiger partial charge in [0.25, 0.3) is 0 Å². The van der Waals surface area contributed by atoms with Crippen LogP contribution in [0.4, 0.5) is 4.79 Å². The number of hydrogen-bond donors (Lipinski definition) is 5. The number of unbranched alkanes of at least 4 members (excludes halogenated alkanes) is 1. The summed E-state index contributed by atoms with van der Waals surface area (Å²) < 4.78 is 0. The Labute approximate surface area is 210 Å². The number of rotatable bonds is 12. The second-order valence-electron chi connectivity index (χ2n) is 12.0. The van der Waals surface area contributed by atoms with Gasteiger partial charge in [-0.25, -0.2) is 9.59 Å². The average molecular weight is 493 g/mol. The molecule has 0 aromatic carbocycles. The molecule has 0 saturated heterocycles. The molecule has 6 N–H and O–H groups in total. The van der Waals surface area contributed by atoms with E-state index in [2.05, 4.69) is 36.7 Å². The van der Waals surface area contributed by atoms with Crippen molar-refractivity contribution < 1.29 is 19.5 Å². The quantitative estimate of drug-likeness (QED) is 0.265. The lowest BCUT2D eigenvalue weighted by molar-refractivity contribution is -0.139. The van der Waals surface area contributed by atoms with Gasteiger partial charge in [0.2, 0.25) is 5.91 Å². The van der Waals surface area contributed by atoms with E-state index in [1.54, 1.807) is 0 Å². The summed E-state index contributed by atoms with van der Waals surface area (Å²) in [5.41, 5.74) is 5.91. The number of aliphatic carboxylic acids is 1. The zero-order valence-corrected chi connectivity index (χ0v) is 22.0. The van der Waals surface area contributed by atoms with Crippen molar-refractivity contribution in [1.29, 1.82) is 0 Å². The third-order valence-electron chi connectivity index (χ3n) is 9.52. The number of carboxylic acid groups (broad SMARTS) is 1. The lowest BCUT2D eigenvalue weighted by Crippen LogP contribution is -2.58. The second kappa shape index (κ2) is 12.4. The van der Waals surface area contributed by atoms with Crippen LogP contribution < -0.4 is 21.7 Å². The first kappa shape index (κ1) is 27.8. The van der Waals surface area contributed by atoms with Crippen molar-refractivity contribution in [2.24, 2.45) is 40.7 Å². The van der Waals surface area contributed by atoms with E-state index in [-0.39, 0.29) is 5.91 Å². The van der Waals surface area contributed by atoms with E-state index >= 15 is 0 Å². The Morgan fingerprint density at radius 2 is 1.71 bits per heavy atom. The molecular formula is C27H48N4O4. The van der Waals surface area contributed by atoms with E-state index in [0.717, 1.165) is 43.9 Å². The number of carbonyl (C=O) groups excluding carboxylic acids is 2. The highest BCUT2D eigenvalue weighted by Gasteiger charge is 2.56. The lowest BCUT2D eigenvalue weighted by Gasteiger charge is -2.62. The molecule has 0 spiro atoms. The number of carboxylic acids is 1. The van der Waals surface area contributed by atoms with Gasteiger partial charge in [0, 0.05) is 6.54 Å². The molecule has 0 radical (unpaired) electrons. The number of nitrogens with two attached hydrogens (primary N) is 1. The molecule has 2 bridgehead atoms. The van der Waals surface area contributed by atoms with Crippen LogP contribution in [0.3, 0.4) is 0 Å². The van der Waals surface area contributed by atoms with Gasteiger partial charge in [0.15, 0.2) is 0 Å². The summed E-state index contributed by atoms with van der Waals surface area (Å²) in [7, 11) is 0. The van der Waals surface area contributed by atoms with Gasteiger partial charge in [-0.1, -0.05) is 52.9 Å². The highest BCUT2D eigenvalue weighted by Crippen LogP contribution is 2.62. The first-order valence-corrected chi connectivity index (χ1v) is 13.9. The Bertz CT molecular complexity index is 737. The van der Waals surface area contributed by atoms with Crippen LogP contribution in [0.15, 0.2) is 0 Å². The van der Waals surface area contributed by atoms with Gasteiger partial charge in [0.05, 0.1) is 0 Å². The minimum atomic E-state index is -1.07. The summed E-state index contributed by atoms with van der Waals surface area (Å²) in [6, 6.07) is -2.23. The predicted octanol–water partition coefficient (Wildman–Crippen LogP) is 3.64. The van der Waals surface area contributed by atoms with E-state index in [0.29, 0.717) is 61.9 Å². The van der Waals surface area contributed by atoms with Crippen LogP contribution in [-0.2, 0) is 9.59 Å². The SMILES string of the molecule is C[C@@H]1C(CNC(=O)[C@@H](CC2CCCCC2)NC(=O)NC(CCCCN)C(=O)O)CC2CC1C2(C)C. The van der Waals surface area contributed by atoms with Crippen molar-refractivity contribution in [3.8, 4) is 0 Å². The summed E-state index contributed by atoms with van der Waals surface area (Å²) in [6.45, 7) is 8.20. The van der Waals surface area contributed by atoms with Crippen LogP contribution in [0.1, 0.15) is 91.4 Å². The second-order valence-corrected chi connectivity index (χ2v) is 12.0. The summed E-state index contributed by atoms with van der Waals surface area (Å²) in [4.78, 5) is 37.6. The summed E-state index contributed by atoms with van der Waals surface area (Å²) in [6.07, 6.45) is 10.4. The Hall–Kier alpha value is -1.83. The van der Waals surface area contributed by atoms with Crippen LogP contribution in [0, 0.1) is 35.0 Å². The standard InChI is InChI=1S/C27H48N4O4/c1-17-19(14-20-15-21(17)27(20,2)3)16-29-24(32)23(13-18-9-5-4-6-10-18)31-26(35)30-22(25(33)34)11-7-8-12-28/h17-23H,4-16,28H2,1-3H3,(H,29,32)(H,33,34)(H2,30,31,35)/t17-,19?,20?,21?,22?,23-/m1/s1. The Morgan fingerprint density at radius 3 is 2.31 bits per heavy atom. The molecule has 35 heavy (non-hydrogen) atoms. The van der Waals surface area contributed by atoms with E-state index in [4.69, 9.17) is 5.73 Å². The van der Waals surface area contributed by atoms with Gasteiger partial charge in [-0.2, -0.15) is 0 Å². The number of amides is 3. The third kappa shape index (κ3) is 7.11. The highest BCUT2D eigenvalue weighted by atomic mass is 16.4. The fourth-order valence-corrected chi connectivity index (χ4v) is 6.98. The van der Waals surface area contributed by atoms with Crippen molar-refractivity contribution in [1.82, 2.24) is 16.0 Å². The minimum absolute atomic E-state index is 0.147. The Kier molecular flexibility index (Phi) is 9.85. The van der Waals surface area contributed by atoms with Crippen molar-refractivity contribution in [2.75, 3.05) is 13.1 Å². The smallest absolute Gasteiger partial charge is 0.326 e. The molecule has 0 heterocycles. The maximum Gasteiger partial charge on any atom is 0.326 e. The maximum atomic E-state index is 13.3. The number of urea groups is 1. The minimum Gasteiger partial charge on any atom is -0.480 e. The molecule has 4 saturated carbocycles. The van der Waals surface area contributed by atoms with E-state index < -0.39 is 24.1 Å². The zero-order valence-electron chi connectivity index (χ0n) is 22.0. The third-order valence-corrected chi connectivity index (χ3v) is 9.52. The van der Waals surface area contributed by atoms with Crippen LogP contribution >= 0.6 is 0 Å². The Morgan fingerprint density at radius 1 is 1.03 bits per heavy atom. The normalized spacial score (nSPS) is 29.4. The first-order valence-electron chi connectivity index (χ1n) is 13.9. The van der Waals surface area contributed by atoms with Gasteiger partial charge in [0.1, 0.15) is 12.1 Å². The molecular weight excluding hydrogens is 444 g/mol. The van der Waals surface area contributed by atoms with Crippen molar-refractivity contribution in [3.05, 3.63) is 0 Å². The van der Waals surface area contributed by atoms with Gasteiger partial charge in [-0.05, 0) is 80.1 Å². The molecule has 200 valence electrons. The molecule has 8 heteroatoms. The highest BCUT2D eigenvalue weighted by molar-refractivity contribution is 5.88. The van der Waals surface area contributed by atoms with Crippen LogP contribution in [0.25, 0.3) is 0 Å². The first-order chi connectivity index (χ1) is 16.6. The lowest BCUT2D eigenvalue weighted by atomic mass is 9.43. The molecule has 4 unspecified atom stereocenters.